The first-order valence-corrected chi connectivity index (χ1v) is 4.05. The van der Waals surface area contributed by atoms with E-state index in [1.54, 1.807) is 19.1 Å². The number of primary amides is 1. The number of carbonyl (C=O) groups is 1. The van der Waals surface area contributed by atoms with E-state index in [9.17, 15) is 4.79 Å². The Balaban J connectivity index is 2.70. The average molecular weight is 190 g/mol. The fourth-order valence-electron chi connectivity index (χ4n) is 0.838. The minimum atomic E-state index is -0.476. The van der Waals surface area contributed by atoms with Crippen LogP contribution < -0.4 is 11.1 Å². The fourth-order valence-corrected chi connectivity index (χ4v) is 0.838. The summed E-state index contributed by atoms with van der Waals surface area (Å²) < 4.78 is 0. The molecule has 0 fully saturated rings. The molecule has 72 valence electrons. The summed E-state index contributed by atoms with van der Waals surface area (Å²) >= 11 is 0. The molecule has 1 unspecified atom stereocenters. The van der Waals surface area contributed by atoms with Gasteiger partial charge in [0.05, 0.1) is 5.56 Å². The zero-order chi connectivity index (χ0) is 10.6. The Labute approximate surface area is 81.6 Å². The van der Waals surface area contributed by atoms with Crippen molar-refractivity contribution >= 4 is 11.7 Å². The predicted octanol–water partition coefficient (Wildman–Crippen LogP) is 0.239. The molecule has 0 radical (unpaired) electrons. The van der Waals surface area contributed by atoms with Crippen molar-refractivity contribution in [2.45, 2.75) is 13.0 Å². The summed E-state index contributed by atoms with van der Waals surface area (Å²) in [4.78, 5) is 14.6. The molecule has 5 heteroatoms. The molecule has 1 aromatic heterocycles. The Morgan fingerprint density at radius 2 is 2.43 bits per heavy atom. The maximum absolute atomic E-state index is 10.7. The summed E-state index contributed by atoms with van der Waals surface area (Å²) in [7, 11) is 0. The number of amides is 1. The molecular weight excluding hydrogens is 180 g/mol. The number of rotatable bonds is 3. The van der Waals surface area contributed by atoms with Crippen molar-refractivity contribution in [2.24, 2.45) is 5.73 Å². The molecule has 0 aliphatic heterocycles. The molecule has 1 amide bonds. The lowest BCUT2D eigenvalue weighted by Crippen LogP contribution is -2.32. The van der Waals surface area contributed by atoms with Gasteiger partial charge in [-0.3, -0.25) is 4.79 Å². The maximum atomic E-state index is 10.7. The highest BCUT2D eigenvalue weighted by molar-refractivity contribution is 5.82. The van der Waals surface area contributed by atoms with Crippen LogP contribution in [0.2, 0.25) is 0 Å². The van der Waals surface area contributed by atoms with Crippen molar-refractivity contribution < 1.29 is 4.79 Å². The first kappa shape index (κ1) is 9.99. The van der Waals surface area contributed by atoms with Crippen LogP contribution >= 0.6 is 0 Å². The Kier molecular flexibility index (Phi) is 3.02. The maximum Gasteiger partial charge on any atom is 0.239 e. The lowest BCUT2D eigenvalue weighted by atomic mass is 10.3. The number of pyridine rings is 1. The number of hydrogen-bond donors (Lipinski definition) is 2. The van der Waals surface area contributed by atoms with Crippen molar-refractivity contribution in [3.8, 4) is 6.07 Å². The quantitative estimate of drug-likeness (QED) is 0.714. The Morgan fingerprint density at radius 1 is 1.71 bits per heavy atom. The summed E-state index contributed by atoms with van der Waals surface area (Å²) in [5.74, 6) is 0.0754. The minimum Gasteiger partial charge on any atom is -0.368 e. The van der Waals surface area contributed by atoms with Gasteiger partial charge < -0.3 is 11.1 Å². The van der Waals surface area contributed by atoms with Gasteiger partial charge in [-0.15, -0.1) is 0 Å². The molecule has 5 nitrogen and oxygen atoms in total. The molecule has 3 N–H and O–H groups in total. The third-order valence-corrected chi connectivity index (χ3v) is 1.68. The highest BCUT2D eigenvalue weighted by atomic mass is 16.1. The van der Waals surface area contributed by atoms with E-state index in [2.05, 4.69) is 10.3 Å². The van der Waals surface area contributed by atoms with Gasteiger partial charge >= 0.3 is 0 Å². The van der Waals surface area contributed by atoms with Gasteiger partial charge in [0.15, 0.2) is 0 Å². The van der Waals surface area contributed by atoms with Crippen LogP contribution in [-0.4, -0.2) is 16.9 Å². The lowest BCUT2D eigenvalue weighted by molar-refractivity contribution is -0.118. The van der Waals surface area contributed by atoms with E-state index in [0.29, 0.717) is 11.4 Å². The van der Waals surface area contributed by atoms with Gasteiger partial charge in [-0.25, -0.2) is 4.98 Å². The highest BCUT2D eigenvalue weighted by Gasteiger charge is 2.07. The molecule has 1 atom stereocenters. The van der Waals surface area contributed by atoms with Crippen LogP contribution in [0.3, 0.4) is 0 Å². The molecule has 0 aliphatic rings. The van der Waals surface area contributed by atoms with Gasteiger partial charge in [0, 0.05) is 6.20 Å². The van der Waals surface area contributed by atoms with Gasteiger partial charge in [0.1, 0.15) is 17.9 Å². The van der Waals surface area contributed by atoms with Gasteiger partial charge in [0.25, 0.3) is 0 Å². The van der Waals surface area contributed by atoms with Crippen molar-refractivity contribution in [3.05, 3.63) is 23.9 Å². The third-order valence-electron chi connectivity index (χ3n) is 1.68. The van der Waals surface area contributed by atoms with Crippen molar-refractivity contribution in [1.29, 1.82) is 5.26 Å². The van der Waals surface area contributed by atoms with E-state index in [1.165, 1.54) is 6.20 Å². The predicted molar refractivity (Wildman–Crippen MR) is 51.2 cm³/mol. The van der Waals surface area contributed by atoms with Gasteiger partial charge in [0.2, 0.25) is 5.91 Å². The number of hydrogen-bond acceptors (Lipinski definition) is 4. The molecular formula is C9H10N4O. The topological polar surface area (TPSA) is 91.8 Å². The molecule has 0 saturated heterocycles. The highest BCUT2D eigenvalue weighted by Crippen LogP contribution is 2.05. The molecule has 1 rings (SSSR count). The second-order valence-corrected chi connectivity index (χ2v) is 2.81. The summed E-state index contributed by atoms with van der Waals surface area (Å²) in [5, 5.41) is 11.3. The molecule has 0 spiro atoms. The number of carbonyl (C=O) groups excluding carboxylic acids is 1. The lowest BCUT2D eigenvalue weighted by Gasteiger charge is -2.09. The molecule has 1 aromatic rings. The van der Waals surface area contributed by atoms with Crippen molar-refractivity contribution in [1.82, 2.24) is 4.98 Å². The molecule has 0 aliphatic carbocycles. The first-order chi connectivity index (χ1) is 6.63. The normalized spacial score (nSPS) is 11.4. The van der Waals surface area contributed by atoms with Crippen LogP contribution in [-0.2, 0) is 4.79 Å². The molecule has 1 heterocycles. The van der Waals surface area contributed by atoms with Crippen molar-refractivity contribution in [2.75, 3.05) is 5.32 Å². The van der Waals surface area contributed by atoms with E-state index in [1.807, 2.05) is 6.07 Å². The van der Waals surface area contributed by atoms with Gasteiger partial charge in [-0.1, -0.05) is 0 Å². The van der Waals surface area contributed by atoms with E-state index < -0.39 is 11.9 Å². The minimum absolute atomic E-state index is 0.448. The Morgan fingerprint density at radius 3 is 2.86 bits per heavy atom. The van der Waals surface area contributed by atoms with Crippen LogP contribution in [0.5, 0.6) is 0 Å². The van der Waals surface area contributed by atoms with Gasteiger partial charge in [-0.2, -0.15) is 5.26 Å². The number of anilines is 1. The van der Waals surface area contributed by atoms with E-state index >= 15 is 0 Å². The SMILES string of the molecule is CC(Nc1ccc(C#N)cn1)C(N)=O. The number of aromatic nitrogens is 1. The molecule has 0 aromatic carbocycles. The summed E-state index contributed by atoms with van der Waals surface area (Å²) in [6.07, 6.45) is 1.43. The molecule has 14 heavy (non-hydrogen) atoms. The zero-order valence-corrected chi connectivity index (χ0v) is 7.69. The summed E-state index contributed by atoms with van der Waals surface area (Å²) in [5.41, 5.74) is 5.53. The van der Waals surface area contributed by atoms with Crippen molar-refractivity contribution in [3.63, 3.8) is 0 Å². The second-order valence-electron chi connectivity index (χ2n) is 2.81. The summed E-state index contributed by atoms with van der Waals surface area (Å²) in [6.45, 7) is 1.64. The standard InChI is InChI=1S/C9H10N4O/c1-6(9(11)14)13-8-3-2-7(4-10)5-12-8/h2-3,5-6H,1H3,(H2,11,14)(H,12,13). The van der Waals surface area contributed by atoms with E-state index in [-0.39, 0.29) is 0 Å². The monoisotopic (exact) mass is 190 g/mol. The fraction of sp³-hybridized carbons (Fsp3) is 0.222. The number of nitriles is 1. The first-order valence-electron chi connectivity index (χ1n) is 4.05. The summed E-state index contributed by atoms with van der Waals surface area (Å²) in [6, 6.07) is 4.71. The van der Waals surface area contributed by atoms with Crippen LogP contribution in [0.4, 0.5) is 5.82 Å². The number of nitrogens with one attached hydrogen (secondary N) is 1. The number of nitrogens with zero attached hydrogens (tertiary/aromatic N) is 2. The average Bonchev–Trinajstić information content (AvgIpc) is 2.19. The Hall–Kier alpha value is -2.09. The van der Waals surface area contributed by atoms with E-state index in [0.717, 1.165) is 0 Å². The molecule has 0 saturated carbocycles. The largest absolute Gasteiger partial charge is 0.368 e. The zero-order valence-electron chi connectivity index (χ0n) is 7.69. The smallest absolute Gasteiger partial charge is 0.239 e. The second kappa shape index (κ2) is 4.23. The van der Waals surface area contributed by atoms with Crippen LogP contribution in [0.1, 0.15) is 12.5 Å². The third kappa shape index (κ3) is 2.45. The number of nitrogens with two attached hydrogens (primary N) is 1. The molecule has 0 bridgehead atoms. The van der Waals surface area contributed by atoms with Crippen LogP contribution in [0, 0.1) is 11.3 Å². The Bertz CT molecular complexity index is 365. The van der Waals surface area contributed by atoms with Gasteiger partial charge in [-0.05, 0) is 19.1 Å². The van der Waals surface area contributed by atoms with Crippen LogP contribution in [0.15, 0.2) is 18.3 Å². The van der Waals surface area contributed by atoms with Crippen LogP contribution in [0.25, 0.3) is 0 Å². The van der Waals surface area contributed by atoms with E-state index in [4.69, 9.17) is 11.0 Å².